The van der Waals surface area contributed by atoms with Crippen molar-refractivity contribution in [3.05, 3.63) is 196 Å². The lowest BCUT2D eigenvalue weighted by Crippen LogP contribution is -2.20. The molecule has 1 unspecified atom stereocenters. The Hall–Kier alpha value is -5.70. The van der Waals surface area contributed by atoms with Crippen molar-refractivity contribution in [2.24, 2.45) is 0 Å². The van der Waals surface area contributed by atoms with Crippen LogP contribution in [0.15, 0.2) is 169 Å². The highest BCUT2D eigenvalue weighted by Crippen LogP contribution is 2.51. The molecule has 1 heterocycles. The summed E-state index contributed by atoms with van der Waals surface area (Å²) in [6, 6.07) is 60.8. The molecule has 1 aromatic heterocycles. The summed E-state index contributed by atoms with van der Waals surface area (Å²) in [5.41, 5.74) is 17.3. The van der Waals surface area contributed by atoms with Crippen molar-refractivity contribution in [2.75, 3.05) is 4.90 Å². The van der Waals surface area contributed by atoms with Gasteiger partial charge in [-0.1, -0.05) is 135 Å². The molecular formula is C51H41NS. The summed E-state index contributed by atoms with van der Waals surface area (Å²) in [5.74, 6) is 0.539. The SMILES string of the molecule is CC1(C)c2ccsc2CC2CCc3ccc(-c4ccc(N(c5ccc(-c6ccccc6)cc5)c5cccc6ccccc56)cc4)cc3-c3cccc1c32. The fraction of sp³-hybridized carbons (Fsp3) is 0.137. The smallest absolute Gasteiger partial charge is 0.0540 e. The number of fused-ring (bicyclic) bond motifs is 4. The van der Waals surface area contributed by atoms with E-state index < -0.39 is 0 Å². The molecule has 53 heavy (non-hydrogen) atoms. The number of nitrogens with zero attached hydrogens (tertiary/aromatic N) is 1. The zero-order valence-corrected chi connectivity index (χ0v) is 31.0. The molecule has 1 atom stereocenters. The lowest BCUT2D eigenvalue weighted by atomic mass is 9.75. The monoisotopic (exact) mass is 699 g/mol. The Balaban J connectivity index is 1.05. The third-order valence-corrected chi connectivity index (χ3v) is 12.8. The molecule has 1 nitrogen and oxygen atoms in total. The molecule has 2 heteroatoms. The zero-order valence-electron chi connectivity index (χ0n) is 30.2. The van der Waals surface area contributed by atoms with Gasteiger partial charge in [0.2, 0.25) is 0 Å². The van der Waals surface area contributed by atoms with Crippen LogP contribution in [0.3, 0.4) is 0 Å². The molecule has 8 aromatic rings. The van der Waals surface area contributed by atoms with E-state index >= 15 is 0 Å². The molecule has 0 saturated heterocycles. The molecule has 0 radical (unpaired) electrons. The number of benzene rings is 7. The molecule has 0 N–H and O–H groups in total. The second-order valence-electron chi connectivity index (χ2n) is 15.3. The minimum atomic E-state index is -0.00874. The Bertz CT molecular complexity index is 2600. The largest absolute Gasteiger partial charge is 0.310 e. The van der Waals surface area contributed by atoms with Crippen LogP contribution < -0.4 is 4.90 Å². The summed E-state index contributed by atoms with van der Waals surface area (Å²) in [6.07, 6.45) is 3.44. The van der Waals surface area contributed by atoms with E-state index in [0.29, 0.717) is 5.92 Å². The molecule has 0 amide bonds. The van der Waals surface area contributed by atoms with E-state index in [9.17, 15) is 0 Å². The van der Waals surface area contributed by atoms with Crippen LogP contribution in [0.2, 0.25) is 0 Å². The predicted molar refractivity (Wildman–Crippen MR) is 226 cm³/mol. The van der Waals surface area contributed by atoms with Crippen LogP contribution in [-0.4, -0.2) is 0 Å². The highest BCUT2D eigenvalue weighted by molar-refractivity contribution is 7.10. The van der Waals surface area contributed by atoms with Gasteiger partial charge < -0.3 is 4.90 Å². The van der Waals surface area contributed by atoms with E-state index in [-0.39, 0.29) is 5.41 Å². The maximum absolute atomic E-state index is 2.47. The minimum absolute atomic E-state index is 0.00874. The topological polar surface area (TPSA) is 3.24 Å². The van der Waals surface area contributed by atoms with Crippen LogP contribution >= 0.6 is 11.3 Å². The second-order valence-corrected chi connectivity index (χ2v) is 16.3. The Morgan fingerprint density at radius 1 is 0.566 bits per heavy atom. The molecule has 7 aromatic carbocycles. The van der Waals surface area contributed by atoms with E-state index in [0.717, 1.165) is 24.2 Å². The quantitative estimate of drug-likeness (QED) is 0.173. The molecule has 256 valence electrons. The molecule has 0 bridgehead atoms. The predicted octanol–water partition coefficient (Wildman–Crippen LogP) is 14.3. The van der Waals surface area contributed by atoms with Gasteiger partial charge in [0.15, 0.2) is 0 Å². The second kappa shape index (κ2) is 12.8. The molecule has 2 aliphatic rings. The first-order valence-corrected chi connectivity index (χ1v) is 19.8. The summed E-state index contributed by atoms with van der Waals surface area (Å²) >= 11 is 1.95. The van der Waals surface area contributed by atoms with Crippen LogP contribution in [0.1, 0.15) is 53.3 Å². The van der Waals surface area contributed by atoms with Gasteiger partial charge in [-0.2, -0.15) is 0 Å². The third-order valence-electron chi connectivity index (χ3n) is 11.9. The van der Waals surface area contributed by atoms with E-state index in [1.165, 1.54) is 73.0 Å². The van der Waals surface area contributed by atoms with Gasteiger partial charge in [0.05, 0.1) is 5.69 Å². The molecule has 0 spiro atoms. The molecule has 0 saturated carbocycles. The summed E-state index contributed by atoms with van der Waals surface area (Å²) < 4.78 is 0. The number of rotatable bonds is 5. The van der Waals surface area contributed by atoms with Crippen molar-refractivity contribution in [2.45, 2.75) is 44.4 Å². The van der Waals surface area contributed by atoms with Gasteiger partial charge in [-0.05, 0) is 134 Å². The normalized spacial score (nSPS) is 15.5. The average Bonchev–Trinajstić information content (AvgIpc) is 3.60. The molecule has 0 fully saturated rings. The number of aryl methyl sites for hydroxylation is 1. The Kier molecular flexibility index (Phi) is 7.70. The first kappa shape index (κ1) is 32.0. The first-order valence-electron chi connectivity index (χ1n) is 18.9. The minimum Gasteiger partial charge on any atom is -0.310 e. The number of hydrogen-bond donors (Lipinski definition) is 0. The van der Waals surface area contributed by atoms with Crippen LogP contribution in [0, 0.1) is 0 Å². The van der Waals surface area contributed by atoms with Crippen molar-refractivity contribution in [1.82, 2.24) is 0 Å². The standard InChI is InChI=1S/C51H41NS/c1-51(2)46-30-31-53-49(46)33-40-21-19-38-18-20-39(32-45(38)44-15-9-16-47(51)50(40)44)36-24-28-42(29-25-36)52(48-17-8-13-37-12-6-7-14-43(37)48)41-26-22-35(23-27-41)34-10-4-3-5-11-34/h3-18,20,22-32,40H,19,21,33H2,1-2H3. The van der Waals surface area contributed by atoms with Crippen molar-refractivity contribution in [3.63, 3.8) is 0 Å². The Morgan fingerprint density at radius 2 is 1.23 bits per heavy atom. The van der Waals surface area contributed by atoms with Crippen LogP contribution in [-0.2, 0) is 18.3 Å². The lowest BCUT2D eigenvalue weighted by Gasteiger charge is -2.29. The summed E-state index contributed by atoms with van der Waals surface area (Å²) in [4.78, 5) is 3.97. The maximum atomic E-state index is 2.47. The molecule has 2 aliphatic carbocycles. The van der Waals surface area contributed by atoms with Gasteiger partial charge in [0, 0.05) is 27.1 Å². The Morgan fingerprint density at radius 3 is 2.02 bits per heavy atom. The number of anilines is 3. The lowest BCUT2D eigenvalue weighted by molar-refractivity contribution is 0.618. The zero-order chi connectivity index (χ0) is 35.5. The van der Waals surface area contributed by atoms with E-state index in [4.69, 9.17) is 0 Å². The average molecular weight is 700 g/mol. The van der Waals surface area contributed by atoms with E-state index in [1.807, 2.05) is 11.3 Å². The van der Waals surface area contributed by atoms with Crippen molar-refractivity contribution in [3.8, 4) is 33.4 Å². The van der Waals surface area contributed by atoms with Crippen molar-refractivity contribution < 1.29 is 0 Å². The van der Waals surface area contributed by atoms with Gasteiger partial charge in [-0.15, -0.1) is 11.3 Å². The fourth-order valence-electron chi connectivity index (χ4n) is 9.18. The summed E-state index contributed by atoms with van der Waals surface area (Å²) in [5, 5.41) is 4.76. The number of thiophene rings is 1. The molecule has 0 aliphatic heterocycles. The van der Waals surface area contributed by atoms with Crippen molar-refractivity contribution >= 4 is 39.2 Å². The highest BCUT2D eigenvalue weighted by atomic mass is 32.1. The van der Waals surface area contributed by atoms with Gasteiger partial charge >= 0.3 is 0 Å². The first-order chi connectivity index (χ1) is 26.0. The number of hydrogen-bond acceptors (Lipinski definition) is 2. The third kappa shape index (κ3) is 5.43. The van der Waals surface area contributed by atoms with Gasteiger partial charge in [-0.25, -0.2) is 0 Å². The van der Waals surface area contributed by atoms with Gasteiger partial charge in [0.1, 0.15) is 0 Å². The summed E-state index contributed by atoms with van der Waals surface area (Å²) in [7, 11) is 0. The molecular weight excluding hydrogens is 659 g/mol. The highest BCUT2D eigenvalue weighted by Gasteiger charge is 2.37. The fourth-order valence-corrected chi connectivity index (χ4v) is 10.3. The van der Waals surface area contributed by atoms with Crippen LogP contribution in [0.4, 0.5) is 17.1 Å². The van der Waals surface area contributed by atoms with Gasteiger partial charge in [0.25, 0.3) is 0 Å². The Labute approximate surface area is 316 Å². The van der Waals surface area contributed by atoms with E-state index in [1.54, 1.807) is 10.4 Å². The van der Waals surface area contributed by atoms with Gasteiger partial charge in [-0.3, -0.25) is 0 Å². The summed E-state index contributed by atoms with van der Waals surface area (Å²) in [6.45, 7) is 4.86. The van der Waals surface area contributed by atoms with E-state index in [2.05, 4.69) is 188 Å². The molecule has 10 rings (SSSR count). The van der Waals surface area contributed by atoms with Crippen LogP contribution in [0.25, 0.3) is 44.2 Å². The van der Waals surface area contributed by atoms with Crippen molar-refractivity contribution in [1.29, 1.82) is 0 Å². The van der Waals surface area contributed by atoms with Crippen LogP contribution in [0.5, 0.6) is 0 Å². The maximum Gasteiger partial charge on any atom is 0.0540 e.